The lowest BCUT2D eigenvalue weighted by molar-refractivity contribution is -0.111. The van der Waals surface area contributed by atoms with Crippen molar-refractivity contribution in [2.75, 3.05) is 60.7 Å². The number of piperazine rings is 1. The molecule has 1 atom stereocenters. The van der Waals surface area contributed by atoms with Crippen LogP contribution in [0.25, 0.3) is 0 Å². The number of rotatable bonds is 7. The van der Waals surface area contributed by atoms with Gasteiger partial charge in [-0.15, -0.1) is 0 Å². The summed E-state index contributed by atoms with van der Waals surface area (Å²) in [7, 11) is 3.87. The van der Waals surface area contributed by atoms with Gasteiger partial charge in [0.05, 0.1) is 12.6 Å². The number of anilines is 5. The first-order valence-electron chi connectivity index (χ1n) is 13.1. The lowest BCUT2D eigenvalue weighted by atomic mass is 10.0. The van der Waals surface area contributed by atoms with Gasteiger partial charge in [0.25, 0.3) is 0 Å². The molecule has 0 radical (unpaired) electrons. The number of likely N-dealkylation sites (N-methyl/N-ethyl adjacent to an activating group) is 1. The summed E-state index contributed by atoms with van der Waals surface area (Å²) >= 11 is 0. The molecule has 3 aromatic rings. The van der Waals surface area contributed by atoms with Crippen LogP contribution < -0.4 is 20.4 Å². The van der Waals surface area contributed by atoms with E-state index in [0.29, 0.717) is 24.0 Å². The van der Waals surface area contributed by atoms with Crippen LogP contribution in [0.2, 0.25) is 0 Å². The highest BCUT2D eigenvalue weighted by atomic mass is 16.2. The maximum absolute atomic E-state index is 13.4. The van der Waals surface area contributed by atoms with Gasteiger partial charge in [-0.05, 0) is 55.9 Å². The second-order valence-corrected chi connectivity index (χ2v) is 9.93. The molecule has 0 spiro atoms. The minimum Gasteiger partial charge on any atom is -0.369 e. The van der Waals surface area contributed by atoms with E-state index in [2.05, 4.69) is 56.2 Å². The van der Waals surface area contributed by atoms with Crippen LogP contribution >= 0.6 is 0 Å². The Morgan fingerprint density at radius 1 is 1.05 bits per heavy atom. The molecule has 3 amide bonds. The second-order valence-electron chi connectivity index (χ2n) is 9.93. The Balaban J connectivity index is 1.31. The molecule has 1 aromatic heterocycles. The predicted molar refractivity (Wildman–Crippen MR) is 154 cm³/mol. The molecule has 1 fully saturated rings. The van der Waals surface area contributed by atoms with Crippen LogP contribution in [0.3, 0.4) is 0 Å². The van der Waals surface area contributed by atoms with Crippen LogP contribution in [0.15, 0.2) is 67.4 Å². The zero-order valence-corrected chi connectivity index (χ0v) is 22.6. The number of nitrogens with one attached hydrogen (secondary N) is 2. The number of carbonyl (C=O) groups excluding carboxylic acids is 2. The van der Waals surface area contributed by atoms with E-state index in [1.54, 1.807) is 23.0 Å². The van der Waals surface area contributed by atoms with Crippen molar-refractivity contribution >= 4 is 40.8 Å². The molecule has 202 valence electrons. The van der Waals surface area contributed by atoms with Crippen molar-refractivity contribution in [1.29, 1.82) is 0 Å². The lowest BCUT2D eigenvalue weighted by Gasteiger charge is -2.38. The predicted octanol–water partition coefficient (Wildman–Crippen LogP) is 4.23. The number of nitrogens with zero attached hydrogens (tertiary/aromatic N) is 6. The molecule has 0 saturated carbocycles. The number of hydrogen-bond acceptors (Lipinski definition) is 7. The minimum atomic E-state index is -0.301. The first-order valence-corrected chi connectivity index (χ1v) is 13.1. The number of para-hydroxylation sites is 1. The van der Waals surface area contributed by atoms with Crippen LogP contribution in [0.4, 0.5) is 33.6 Å². The molecule has 2 aliphatic heterocycles. The second kappa shape index (κ2) is 11.1. The fraction of sp³-hybridized carbons (Fsp3) is 0.310. The zero-order chi connectivity index (χ0) is 27.5. The van der Waals surface area contributed by atoms with E-state index >= 15 is 0 Å². The zero-order valence-electron chi connectivity index (χ0n) is 22.6. The minimum absolute atomic E-state index is 0.180. The van der Waals surface area contributed by atoms with Crippen molar-refractivity contribution in [3.63, 3.8) is 0 Å². The fourth-order valence-corrected chi connectivity index (χ4v) is 4.97. The van der Waals surface area contributed by atoms with Gasteiger partial charge in [0.15, 0.2) is 0 Å². The molecular formula is C29H34N8O2. The van der Waals surface area contributed by atoms with E-state index in [4.69, 9.17) is 0 Å². The smallest absolute Gasteiger partial charge is 0.326 e. The molecule has 0 aliphatic carbocycles. The Bertz CT molecular complexity index is 1370. The summed E-state index contributed by atoms with van der Waals surface area (Å²) in [6, 6.07) is 15.2. The van der Waals surface area contributed by atoms with Gasteiger partial charge in [0, 0.05) is 62.0 Å². The van der Waals surface area contributed by atoms with Crippen molar-refractivity contribution < 1.29 is 9.59 Å². The Hall–Kier alpha value is -4.44. The molecular weight excluding hydrogens is 492 g/mol. The number of carbonyl (C=O) groups is 2. The van der Waals surface area contributed by atoms with Crippen LogP contribution in [0.1, 0.15) is 24.1 Å². The van der Waals surface area contributed by atoms with Gasteiger partial charge in [0.2, 0.25) is 11.9 Å². The molecule has 2 aliphatic rings. The number of benzene rings is 2. The highest BCUT2D eigenvalue weighted by Gasteiger charge is 2.34. The number of urea groups is 1. The Morgan fingerprint density at radius 3 is 2.49 bits per heavy atom. The van der Waals surface area contributed by atoms with E-state index in [0.717, 1.165) is 43.0 Å². The van der Waals surface area contributed by atoms with Gasteiger partial charge in [0.1, 0.15) is 5.82 Å². The van der Waals surface area contributed by atoms with Crippen molar-refractivity contribution in [3.05, 3.63) is 78.5 Å². The van der Waals surface area contributed by atoms with Gasteiger partial charge in [-0.3, -0.25) is 9.69 Å². The third-order valence-electron chi connectivity index (χ3n) is 7.35. The van der Waals surface area contributed by atoms with E-state index in [9.17, 15) is 9.59 Å². The van der Waals surface area contributed by atoms with E-state index in [1.807, 2.05) is 43.3 Å². The molecule has 39 heavy (non-hydrogen) atoms. The fourth-order valence-electron chi connectivity index (χ4n) is 4.97. The maximum Gasteiger partial charge on any atom is 0.326 e. The number of hydrogen-bond donors (Lipinski definition) is 2. The van der Waals surface area contributed by atoms with Crippen molar-refractivity contribution in [2.24, 2.45) is 0 Å². The van der Waals surface area contributed by atoms with Gasteiger partial charge in [-0.25, -0.2) is 9.78 Å². The Kier molecular flexibility index (Phi) is 7.47. The molecule has 0 bridgehead atoms. The molecule has 10 nitrogen and oxygen atoms in total. The summed E-state index contributed by atoms with van der Waals surface area (Å²) in [5.41, 5.74) is 4.39. The normalized spacial score (nSPS) is 16.5. The molecule has 1 unspecified atom stereocenters. The first kappa shape index (κ1) is 26.2. The molecule has 5 rings (SSSR count). The van der Waals surface area contributed by atoms with Gasteiger partial charge < -0.3 is 25.3 Å². The van der Waals surface area contributed by atoms with E-state index in [-0.39, 0.29) is 18.0 Å². The van der Waals surface area contributed by atoms with Crippen molar-refractivity contribution in [3.8, 4) is 0 Å². The molecule has 2 aromatic carbocycles. The summed E-state index contributed by atoms with van der Waals surface area (Å²) in [6.45, 7) is 9.97. The number of amides is 3. The van der Waals surface area contributed by atoms with Gasteiger partial charge in [-0.2, -0.15) is 4.98 Å². The van der Waals surface area contributed by atoms with Crippen LogP contribution in [0, 0.1) is 0 Å². The quantitative estimate of drug-likeness (QED) is 0.445. The lowest BCUT2D eigenvalue weighted by Crippen LogP contribution is -2.46. The van der Waals surface area contributed by atoms with E-state index < -0.39 is 0 Å². The van der Waals surface area contributed by atoms with Crippen LogP contribution in [0.5, 0.6) is 0 Å². The van der Waals surface area contributed by atoms with E-state index in [1.165, 1.54) is 11.8 Å². The first-order chi connectivity index (χ1) is 18.8. The monoisotopic (exact) mass is 526 g/mol. The third-order valence-corrected chi connectivity index (χ3v) is 7.35. The third kappa shape index (κ3) is 5.56. The van der Waals surface area contributed by atoms with Crippen LogP contribution in [-0.4, -0.2) is 72.0 Å². The Labute approximate surface area is 228 Å². The number of fused-ring (bicyclic) bond motifs is 1. The van der Waals surface area contributed by atoms with Crippen LogP contribution in [-0.2, 0) is 11.3 Å². The molecule has 1 saturated heterocycles. The summed E-state index contributed by atoms with van der Waals surface area (Å²) in [5.74, 6) is 0.701. The van der Waals surface area contributed by atoms with Gasteiger partial charge in [-0.1, -0.05) is 24.8 Å². The largest absolute Gasteiger partial charge is 0.369 e. The number of aromatic nitrogens is 2. The summed E-state index contributed by atoms with van der Waals surface area (Å²) < 4.78 is 0. The molecule has 3 heterocycles. The summed E-state index contributed by atoms with van der Waals surface area (Å²) in [5, 5.41) is 6.10. The standard InChI is InChI=1S/C29H34N8O2/c1-5-26(38)32-25-9-7-6-8-24(25)20(2)37-19-21-18-30-28(33-27(21)35(4)29(37)39)31-22-10-12-23(13-11-22)36-16-14-34(3)15-17-36/h5-13,18,20H,1,14-17,19H2,2-4H3,(H,32,38)(H,30,31,33). The average Bonchev–Trinajstić information content (AvgIpc) is 2.96. The van der Waals surface area contributed by atoms with Gasteiger partial charge >= 0.3 is 6.03 Å². The summed E-state index contributed by atoms with van der Waals surface area (Å²) in [6.07, 6.45) is 2.99. The van der Waals surface area contributed by atoms with Crippen molar-refractivity contribution in [2.45, 2.75) is 19.5 Å². The van der Waals surface area contributed by atoms with Crippen molar-refractivity contribution in [1.82, 2.24) is 19.8 Å². The maximum atomic E-state index is 13.4. The average molecular weight is 527 g/mol. The molecule has 10 heteroatoms. The topological polar surface area (TPSA) is 96.9 Å². The highest BCUT2D eigenvalue weighted by Crippen LogP contribution is 2.35. The molecule has 2 N–H and O–H groups in total. The summed E-state index contributed by atoms with van der Waals surface area (Å²) in [4.78, 5) is 42.6. The highest BCUT2D eigenvalue weighted by molar-refractivity contribution is 5.99. The Morgan fingerprint density at radius 2 is 1.77 bits per heavy atom. The SMILES string of the molecule is C=CC(=O)Nc1ccccc1C(C)N1Cc2cnc(Nc3ccc(N4CCN(C)CC4)cc3)nc2N(C)C1=O.